The normalized spacial score (nSPS) is 12.4. The summed E-state index contributed by atoms with van der Waals surface area (Å²) in [5.41, 5.74) is 5.74. The molecule has 4 aromatic carbocycles. The van der Waals surface area contributed by atoms with Gasteiger partial charge in [-0.2, -0.15) is 0 Å². The first-order chi connectivity index (χ1) is 18.7. The van der Waals surface area contributed by atoms with Crippen LogP contribution in [-0.2, 0) is 24.2 Å². The van der Waals surface area contributed by atoms with Gasteiger partial charge in [0.15, 0.2) is 6.61 Å². The Kier molecular flexibility index (Phi) is 7.99. The van der Waals surface area contributed by atoms with E-state index in [4.69, 9.17) is 4.74 Å². The molecule has 0 fully saturated rings. The Morgan fingerprint density at radius 2 is 1.53 bits per heavy atom. The van der Waals surface area contributed by atoms with Gasteiger partial charge in [0.05, 0.1) is 5.56 Å². The summed E-state index contributed by atoms with van der Waals surface area (Å²) < 4.78 is 5.57. The van der Waals surface area contributed by atoms with E-state index in [2.05, 4.69) is 51.9 Å². The zero-order valence-electron chi connectivity index (χ0n) is 21.2. The lowest BCUT2D eigenvalue weighted by Gasteiger charge is -2.32. The molecule has 4 aromatic rings. The smallest absolute Gasteiger partial charge is 0.262 e. The number of nitrogens with one attached hydrogen (secondary N) is 2. The molecule has 2 N–H and O–H groups in total. The highest BCUT2D eigenvalue weighted by molar-refractivity contribution is 6.02. The van der Waals surface area contributed by atoms with Crippen molar-refractivity contribution in [2.75, 3.05) is 29.9 Å². The summed E-state index contributed by atoms with van der Waals surface area (Å²) in [5, 5.41) is 5.94. The third kappa shape index (κ3) is 6.40. The van der Waals surface area contributed by atoms with Gasteiger partial charge in [-0.3, -0.25) is 9.59 Å². The topological polar surface area (TPSA) is 70.7 Å². The Morgan fingerprint density at radius 3 is 2.32 bits per heavy atom. The molecule has 0 radical (unpaired) electrons. The number of nitrogens with zero attached hydrogens (tertiary/aromatic N) is 1. The van der Waals surface area contributed by atoms with Gasteiger partial charge in [-0.05, 0) is 59.9 Å². The number of anilines is 2. The first-order valence-corrected chi connectivity index (χ1v) is 12.9. The average Bonchev–Trinajstić information content (AvgIpc) is 2.97. The highest BCUT2D eigenvalue weighted by atomic mass is 16.5. The number of benzene rings is 4. The fraction of sp³-hybridized carbons (Fsp3) is 0.188. The van der Waals surface area contributed by atoms with Gasteiger partial charge in [0, 0.05) is 31.0 Å². The monoisotopic (exact) mass is 505 g/mol. The fourth-order valence-corrected chi connectivity index (χ4v) is 4.70. The third-order valence-electron chi connectivity index (χ3n) is 6.65. The highest BCUT2D eigenvalue weighted by Crippen LogP contribution is 2.29. The summed E-state index contributed by atoms with van der Waals surface area (Å²) in [6, 6.07) is 33.2. The van der Waals surface area contributed by atoms with Crippen molar-refractivity contribution < 1.29 is 14.3 Å². The molecule has 2 amide bonds. The SMILES string of the molecule is O=C(COc1ccccc1)Nc1ccc(N2CCc3ccccc3C2)c(C(=O)NCCc2ccccc2)c1. The van der Waals surface area contributed by atoms with Crippen molar-refractivity contribution in [1.29, 1.82) is 0 Å². The van der Waals surface area contributed by atoms with E-state index < -0.39 is 0 Å². The van der Waals surface area contributed by atoms with Crippen LogP contribution in [0.3, 0.4) is 0 Å². The number of ether oxygens (including phenoxy) is 1. The zero-order valence-corrected chi connectivity index (χ0v) is 21.2. The molecule has 0 unspecified atom stereocenters. The summed E-state index contributed by atoms with van der Waals surface area (Å²) in [6.45, 7) is 1.95. The molecule has 6 nitrogen and oxygen atoms in total. The van der Waals surface area contributed by atoms with E-state index in [9.17, 15) is 9.59 Å². The van der Waals surface area contributed by atoms with Crippen molar-refractivity contribution in [2.45, 2.75) is 19.4 Å². The third-order valence-corrected chi connectivity index (χ3v) is 6.65. The van der Waals surface area contributed by atoms with E-state index in [1.54, 1.807) is 18.2 Å². The van der Waals surface area contributed by atoms with Crippen molar-refractivity contribution in [1.82, 2.24) is 5.32 Å². The minimum Gasteiger partial charge on any atom is -0.484 e. The van der Waals surface area contributed by atoms with Crippen LogP contribution in [0.1, 0.15) is 27.0 Å². The van der Waals surface area contributed by atoms with Gasteiger partial charge in [0.25, 0.3) is 11.8 Å². The molecule has 1 aliphatic rings. The number of fused-ring (bicyclic) bond motifs is 1. The lowest BCUT2D eigenvalue weighted by atomic mass is 9.98. The average molecular weight is 506 g/mol. The molecule has 0 spiro atoms. The molecule has 1 heterocycles. The number of amides is 2. The summed E-state index contributed by atoms with van der Waals surface area (Å²) in [5.74, 6) is 0.178. The molecular weight excluding hydrogens is 474 g/mol. The maximum absolute atomic E-state index is 13.4. The molecule has 0 aliphatic carbocycles. The molecular formula is C32H31N3O3. The number of hydrogen-bond donors (Lipinski definition) is 2. The second-order valence-electron chi connectivity index (χ2n) is 9.31. The van der Waals surface area contributed by atoms with Gasteiger partial charge < -0.3 is 20.3 Å². The van der Waals surface area contributed by atoms with Crippen LogP contribution < -0.4 is 20.3 Å². The lowest BCUT2D eigenvalue weighted by molar-refractivity contribution is -0.118. The van der Waals surface area contributed by atoms with Crippen LogP contribution in [0, 0.1) is 0 Å². The summed E-state index contributed by atoms with van der Waals surface area (Å²) in [7, 11) is 0. The largest absolute Gasteiger partial charge is 0.484 e. The molecule has 0 atom stereocenters. The van der Waals surface area contributed by atoms with Gasteiger partial charge >= 0.3 is 0 Å². The lowest BCUT2D eigenvalue weighted by Crippen LogP contribution is -2.33. The molecule has 0 aromatic heterocycles. The number of carbonyl (C=O) groups is 2. The van der Waals surface area contributed by atoms with E-state index in [-0.39, 0.29) is 18.4 Å². The standard InChI is InChI=1S/C32H31N3O3/c36-31(23-38-28-13-5-2-6-14-28)34-27-15-16-30(35-20-18-25-11-7-8-12-26(25)22-35)29(21-27)32(37)33-19-17-24-9-3-1-4-10-24/h1-16,21H,17-20,22-23H2,(H,33,37)(H,34,36). The number of rotatable bonds is 9. The molecule has 38 heavy (non-hydrogen) atoms. The molecule has 0 bridgehead atoms. The van der Waals surface area contributed by atoms with Crippen molar-refractivity contribution in [3.63, 3.8) is 0 Å². The van der Waals surface area contributed by atoms with Crippen LogP contribution in [0.5, 0.6) is 5.75 Å². The highest BCUT2D eigenvalue weighted by Gasteiger charge is 2.22. The van der Waals surface area contributed by atoms with Crippen LogP contribution in [-0.4, -0.2) is 31.5 Å². The Balaban J connectivity index is 1.31. The van der Waals surface area contributed by atoms with Crippen LogP contribution in [0.4, 0.5) is 11.4 Å². The maximum Gasteiger partial charge on any atom is 0.262 e. The first kappa shape index (κ1) is 25.1. The van der Waals surface area contributed by atoms with E-state index >= 15 is 0 Å². The van der Waals surface area contributed by atoms with Crippen molar-refractivity contribution in [3.05, 3.63) is 125 Å². The van der Waals surface area contributed by atoms with Crippen molar-refractivity contribution in [2.24, 2.45) is 0 Å². The van der Waals surface area contributed by atoms with E-state index in [1.807, 2.05) is 48.5 Å². The van der Waals surface area contributed by atoms with Gasteiger partial charge in [0.1, 0.15) is 5.75 Å². The maximum atomic E-state index is 13.4. The molecule has 1 aliphatic heterocycles. The predicted molar refractivity (Wildman–Crippen MR) is 151 cm³/mol. The molecule has 0 saturated heterocycles. The van der Waals surface area contributed by atoms with Crippen molar-refractivity contribution in [3.8, 4) is 5.75 Å². The van der Waals surface area contributed by atoms with Crippen LogP contribution in [0.15, 0.2) is 103 Å². The van der Waals surface area contributed by atoms with Crippen LogP contribution in [0.25, 0.3) is 0 Å². The van der Waals surface area contributed by atoms with Crippen LogP contribution in [0.2, 0.25) is 0 Å². The minimum absolute atomic E-state index is 0.118. The zero-order chi connectivity index (χ0) is 26.2. The van der Waals surface area contributed by atoms with Crippen LogP contribution >= 0.6 is 0 Å². The number of carbonyl (C=O) groups excluding carboxylic acids is 2. The first-order valence-electron chi connectivity index (χ1n) is 12.9. The second kappa shape index (κ2) is 12.1. The number of hydrogen-bond acceptors (Lipinski definition) is 4. The Hall–Kier alpha value is -4.58. The van der Waals surface area contributed by atoms with Gasteiger partial charge in [-0.15, -0.1) is 0 Å². The van der Waals surface area contributed by atoms with E-state index in [1.165, 1.54) is 16.7 Å². The van der Waals surface area contributed by atoms with Gasteiger partial charge in [-0.25, -0.2) is 0 Å². The van der Waals surface area contributed by atoms with E-state index in [0.29, 0.717) is 23.5 Å². The molecule has 6 heteroatoms. The predicted octanol–water partition coefficient (Wildman–Crippen LogP) is 5.24. The summed E-state index contributed by atoms with van der Waals surface area (Å²) in [4.78, 5) is 28.2. The van der Waals surface area contributed by atoms with Gasteiger partial charge in [0.2, 0.25) is 0 Å². The van der Waals surface area contributed by atoms with Gasteiger partial charge in [-0.1, -0.05) is 72.8 Å². The summed E-state index contributed by atoms with van der Waals surface area (Å²) >= 11 is 0. The Morgan fingerprint density at radius 1 is 0.816 bits per heavy atom. The molecule has 5 rings (SSSR count). The van der Waals surface area contributed by atoms with E-state index in [0.717, 1.165) is 31.6 Å². The summed E-state index contributed by atoms with van der Waals surface area (Å²) in [6.07, 6.45) is 1.66. The van der Waals surface area contributed by atoms with Crippen molar-refractivity contribution >= 4 is 23.2 Å². The Labute approximate surface area is 223 Å². The fourth-order valence-electron chi connectivity index (χ4n) is 4.70. The quantitative estimate of drug-likeness (QED) is 0.326. The number of para-hydroxylation sites is 1. The minimum atomic E-state index is -0.288. The molecule has 192 valence electrons. The molecule has 0 saturated carbocycles. The Bertz CT molecular complexity index is 1390. The second-order valence-corrected chi connectivity index (χ2v) is 9.31.